The first kappa shape index (κ1) is 13.8. The average Bonchev–Trinajstić information content (AvgIpc) is 2.39. The van der Waals surface area contributed by atoms with Crippen LogP contribution in [0, 0.1) is 0 Å². The number of rotatable bonds is 2. The largest absolute Gasteiger partial charge is 0.377 e. The molecular weight excluding hydrogens is 238 g/mol. The van der Waals surface area contributed by atoms with E-state index in [9.17, 15) is 4.79 Å². The summed E-state index contributed by atoms with van der Waals surface area (Å²) in [6.45, 7) is 7.18. The van der Waals surface area contributed by atoms with E-state index in [0.717, 1.165) is 11.1 Å². The van der Waals surface area contributed by atoms with E-state index in [0.29, 0.717) is 13.2 Å². The highest BCUT2D eigenvalue weighted by Gasteiger charge is 2.30. The Morgan fingerprint density at radius 1 is 1.21 bits per heavy atom. The van der Waals surface area contributed by atoms with Crippen molar-refractivity contribution >= 4 is 12.0 Å². The van der Waals surface area contributed by atoms with Crippen molar-refractivity contribution in [3.63, 3.8) is 0 Å². The summed E-state index contributed by atoms with van der Waals surface area (Å²) < 4.78 is 5.46. The number of ether oxygens (including phenoxy) is 1. The highest BCUT2D eigenvalue weighted by atomic mass is 16.5. The van der Waals surface area contributed by atoms with E-state index in [4.69, 9.17) is 4.74 Å². The summed E-state index contributed by atoms with van der Waals surface area (Å²) in [5.41, 5.74) is 1.83. The standard InChI is InChI=1S/C16H21NO2/c1-12(9-15-7-5-4-6-8-15)16(18)17-13(2)10-19-11-14(17)3/h4-9,13-14H,10-11H2,1-3H3/b12-9+. The van der Waals surface area contributed by atoms with Crippen LogP contribution in [0.5, 0.6) is 0 Å². The molecule has 0 saturated carbocycles. The Morgan fingerprint density at radius 3 is 2.37 bits per heavy atom. The predicted molar refractivity (Wildman–Crippen MR) is 76.7 cm³/mol. The van der Waals surface area contributed by atoms with E-state index in [2.05, 4.69) is 0 Å². The van der Waals surface area contributed by atoms with Gasteiger partial charge >= 0.3 is 0 Å². The molecule has 1 aliphatic heterocycles. The molecule has 102 valence electrons. The molecule has 0 N–H and O–H groups in total. The van der Waals surface area contributed by atoms with Crippen LogP contribution < -0.4 is 0 Å². The maximum absolute atomic E-state index is 12.5. The lowest BCUT2D eigenvalue weighted by Crippen LogP contribution is -2.52. The maximum atomic E-state index is 12.5. The van der Waals surface area contributed by atoms with Crippen LogP contribution in [-0.2, 0) is 9.53 Å². The molecular formula is C16H21NO2. The minimum Gasteiger partial charge on any atom is -0.377 e. The van der Waals surface area contributed by atoms with Crippen LogP contribution in [0.1, 0.15) is 26.3 Å². The molecule has 0 spiro atoms. The Bertz CT molecular complexity index is 457. The first-order chi connectivity index (χ1) is 9.09. The SMILES string of the molecule is C/C(=C\c1ccccc1)C(=O)N1C(C)COCC1C. The number of carbonyl (C=O) groups excluding carboxylic acids is 1. The molecule has 2 unspecified atom stereocenters. The topological polar surface area (TPSA) is 29.5 Å². The zero-order valence-corrected chi connectivity index (χ0v) is 11.8. The second kappa shape index (κ2) is 6.02. The van der Waals surface area contributed by atoms with Crippen molar-refractivity contribution in [2.75, 3.05) is 13.2 Å². The van der Waals surface area contributed by atoms with Gasteiger partial charge in [0.15, 0.2) is 0 Å². The van der Waals surface area contributed by atoms with Gasteiger partial charge in [0.25, 0.3) is 0 Å². The lowest BCUT2D eigenvalue weighted by atomic mass is 10.1. The quantitative estimate of drug-likeness (QED) is 0.764. The van der Waals surface area contributed by atoms with Gasteiger partial charge in [0.2, 0.25) is 5.91 Å². The zero-order valence-electron chi connectivity index (χ0n) is 11.8. The van der Waals surface area contributed by atoms with Gasteiger partial charge in [-0.1, -0.05) is 30.3 Å². The average molecular weight is 259 g/mol. The van der Waals surface area contributed by atoms with Gasteiger partial charge in [-0.2, -0.15) is 0 Å². The molecule has 3 nitrogen and oxygen atoms in total. The van der Waals surface area contributed by atoms with E-state index in [1.165, 1.54) is 0 Å². The molecule has 1 aromatic rings. The molecule has 0 bridgehead atoms. The second-order valence-corrected chi connectivity index (χ2v) is 5.19. The molecule has 1 saturated heterocycles. The fourth-order valence-corrected chi connectivity index (χ4v) is 2.47. The molecule has 1 amide bonds. The molecule has 0 aromatic heterocycles. The van der Waals surface area contributed by atoms with Gasteiger partial charge in [-0.25, -0.2) is 0 Å². The van der Waals surface area contributed by atoms with Crippen LogP contribution >= 0.6 is 0 Å². The number of nitrogens with zero attached hydrogens (tertiary/aromatic N) is 1. The molecule has 2 rings (SSSR count). The van der Waals surface area contributed by atoms with E-state index in [1.54, 1.807) is 0 Å². The summed E-state index contributed by atoms with van der Waals surface area (Å²) in [5, 5.41) is 0. The minimum atomic E-state index is 0.104. The van der Waals surface area contributed by atoms with E-state index in [-0.39, 0.29) is 18.0 Å². The smallest absolute Gasteiger partial charge is 0.250 e. The van der Waals surface area contributed by atoms with Gasteiger partial charge in [-0.15, -0.1) is 0 Å². The number of benzene rings is 1. The van der Waals surface area contributed by atoms with Crippen molar-refractivity contribution in [2.24, 2.45) is 0 Å². The Kier molecular flexibility index (Phi) is 4.38. The monoisotopic (exact) mass is 259 g/mol. The number of carbonyl (C=O) groups is 1. The van der Waals surface area contributed by atoms with Crippen LogP contribution in [0.15, 0.2) is 35.9 Å². The number of morpholine rings is 1. The molecule has 3 heteroatoms. The van der Waals surface area contributed by atoms with E-state index >= 15 is 0 Å². The molecule has 0 aliphatic carbocycles. The van der Waals surface area contributed by atoms with Crippen molar-refractivity contribution in [3.8, 4) is 0 Å². The van der Waals surface area contributed by atoms with Gasteiger partial charge in [-0.05, 0) is 32.4 Å². The van der Waals surface area contributed by atoms with Crippen molar-refractivity contribution in [2.45, 2.75) is 32.9 Å². The van der Waals surface area contributed by atoms with Crippen molar-refractivity contribution in [1.82, 2.24) is 4.90 Å². The van der Waals surface area contributed by atoms with E-state index in [1.807, 2.05) is 62.1 Å². The molecule has 2 atom stereocenters. The summed E-state index contributed by atoms with van der Waals surface area (Å²) in [4.78, 5) is 14.5. The lowest BCUT2D eigenvalue weighted by molar-refractivity contribution is -0.139. The van der Waals surface area contributed by atoms with Crippen LogP contribution in [0.3, 0.4) is 0 Å². The van der Waals surface area contributed by atoms with Crippen molar-refractivity contribution in [3.05, 3.63) is 41.5 Å². The highest BCUT2D eigenvalue weighted by molar-refractivity contribution is 5.97. The molecule has 1 aromatic carbocycles. The second-order valence-electron chi connectivity index (χ2n) is 5.19. The highest BCUT2D eigenvalue weighted by Crippen LogP contribution is 2.17. The van der Waals surface area contributed by atoms with Crippen LogP contribution in [0.2, 0.25) is 0 Å². The third-order valence-electron chi connectivity index (χ3n) is 3.42. The van der Waals surface area contributed by atoms with Crippen molar-refractivity contribution in [1.29, 1.82) is 0 Å². The Morgan fingerprint density at radius 2 is 1.79 bits per heavy atom. The zero-order chi connectivity index (χ0) is 13.8. The Labute approximate surface area is 114 Å². The molecule has 1 fully saturated rings. The summed E-state index contributed by atoms with van der Waals surface area (Å²) in [6.07, 6.45) is 1.94. The molecule has 1 aliphatic rings. The fourth-order valence-electron chi connectivity index (χ4n) is 2.47. The summed E-state index contributed by atoms with van der Waals surface area (Å²) in [6, 6.07) is 10.2. The number of amides is 1. The first-order valence-electron chi connectivity index (χ1n) is 6.73. The molecule has 0 radical (unpaired) electrons. The normalized spacial score (nSPS) is 24.4. The molecule has 19 heavy (non-hydrogen) atoms. The van der Waals surface area contributed by atoms with Gasteiger partial charge in [0, 0.05) is 5.57 Å². The Hall–Kier alpha value is -1.61. The number of hydrogen-bond donors (Lipinski definition) is 0. The van der Waals surface area contributed by atoms with Gasteiger partial charge in [0.05, 0.1) is 25.3 Å². The third-order valence-corrected chi connectivity index (χ3v) is 3.42. The predicted octanol–water partition coefficient (Wildman–Crippen LogP) is 2.73. The van der Waals surface area contributed by atoms with Crippen molar-refractivity contribution < 1.29 is 9.53 Å². The van der Waals surface area contributed by atoms with E-state index < -0.39 is 0 Å². The summed E-state index contributed by atoms with van der Waals surface area (Å²) in [7, 11) is 0. The van der Waals surface area contributed by atoms with Gasteiger partial charge in [0.1, 0.15) is 0 Å². The summed E-state index contributed by atoms with van der Waals surface area (Å²) in [5.74, 6) is 0.104. The molecule has 1 heterocycles. The van der Waals surface area contributed by atoms with Crippen LogP contribution in [-0.4, -0.2) is 36.1 Å². The lowest BCUT2D eigenvalue weighted by Gasteiger charge is -2.39. The fraction of sp³-hybridized carbons (Fsp3) is 0.438. The maximum Gasteiger partial charge on any atom is 0.250 e. The van der Waals surface area contributed by atoms with Gasteiger partial charge < -0.3 is 9.64 Å². The first-order valence-corrected chi connectivity index (χ1v) is 6.73. The summed E-state index contributed by atoms with van der Waals surface area (Å²) >= 11 is 0. The van der Waals surface area contributed by atoms with Gasteiger partial charge in [-0.3, -0.25) is 4.79 Å². The third kappa shape index (κ3) is 3.24. The Balaban J connectivity index is 2.16. The van der Waals surface area contributed by atoms with Crippen LogP contribution in [0.4, 0.5) is 0 Å². The van der Waals surface area contributed by atoms with Crippen LogP contribution in [0.25, 0.3) is 6.08 Å². The minimum absolute atomic E-state index is 0.104. The number of hydrogen-bond acceptors (Lipinski definition) is 2.